The van der Waals surface area contributed by atoms with Gasteiger partial charge in [0.2, 0.25) is 5.91 Å². The number of rotatable bonds is 4. The number of fused-ring (bicyclic) bond motifs is 5. The Kier molecular flexibility index (Phi) is 3.86. The molecule has 5 nitrogen and oxygen atoms in total. The molecule has 3 atom stereocenters. The molecule has 7 heteroatoms. The van der Waals surface area contributed by atoms with Crippen molar-refractivity contribution in [2.24, 2.45) is 11.1 Å². The van der Waals surface area contributed by atoms with Crippen molar-refractivity contribution in [3.05, 3.63) is 47.2 Å². The van der Waals surface area contributed by atoms with Gasteiger partial charge in [-0.3, -0.25) is 4.79 Å². The van der Waals surface area contributed by atoms with E-state index in [0.717, 1.165) is 12.0 Å². The Morgan fingerprint density at radius 3 is 2.59 bits per heavy atom. The van der Waals surface area contributed by atoms with Crippen molar-refractivity contribution in [3.63, 3.8) is 0 Å². The molecule has 2 aromatic rings. The first-order chi connectivity index (χ1) is 12.7. The summed E-state index contributed by atoms with van der Waals surface area (Å²) in [5.41, 5.74) is 5.74. The largest absolute Gasteiger partial charge is 0.367 e. The molecule has 1 heterocycles. The second-order valence-electron chi connectivity index (χ2n) is 7.93. The molecule has 27 heavy (non-hydrogen) atoms. The molecule has 0 aliphatic heterocycles. The Labute approximate surface area is 155 Å². The maximum atomic E-state index is 14.2. The molecule has 0 unspecified atom stereocenters. The van der Waals surface area contributed by atoms with Crippen molar-refractivity contribution in [1.29, 1.82) is 0 Å². The predicted molar refractivity (Wildman–Crippen MR) is 94.6 cm³/mol. The molecular weight excluding hydrogens is 352 g/mol. The van der Waals surface area contributed by atoms with E-state index in [9.17, 15) is 13.6 Å². The van der Waals surface area contributed by atoms with Gasteiger partial charge < -0.3 is 10.5 Å². The minimum atomic E-state index is -0.791. The fourth-order valence-corrected chi connectivity index (χ4v) is 4.76. The average Bonchev–Trinajstić information content (AvgIpc) is 2.95. The zero-order chi connectivity index (χ0) is 19.6. The van der Waals surface area contributed by atoms with E-state index in [1.54, 1.807) is 13.0 Å². The van der Waals surface area contributed by atoms with E-state index >= 15 is 0 Å². The minimum absolute atomic E-state index is 0.0941. The summed E-state index contributed by atoms with van der Waals surface area (Å²) in [5.74, 6) is -1.81. The highest BCUT2D eigenvalue weighted by molar-refractivity contribution is 5.78. The molecule has 1 amide bonds. The third kappa shape index (κ3) is 2.34. The van der Waals surface area contributed by atoms with Gasteiger partial charge in [-0.25, -0.2) is 8.78 Å². The van der Waals surface area contributed by atoms with Crippen LogP contribution in [0.5, 0.6) is 0 Å². The van der Waals surface area contributed by atoms with Crippen molar-refractivity contribution >= 4 is 5.91 Å². The van der Waals surface area contributed by atoms with Gasteiger partial charge in [0.05, 0.1) is 17.0 Å². The van der Waals surface area contributed by atoms with Crippen LogP contribution >= 0.6 is 0 Å². The van der Waals surface area contributed by atoms with E-state index in [2.05, 4.69) is 24.0 Å². The number of amides is 1. The van der Waals surface area contributed by atoms with Crippen LogP contribution in [0.4, 0.5) is 8.78 Å². The third-order valence-corrected chi connectivity index (χ3v) is 6.28. The lowest BCUT2D eigenvalue weighted by molar-refractivity contribution is -0.161. The SMILES string of the molecule is C[C@H](O[C@@]12CC[C@@H](c3cc(-c4c(F)cccc4F)nnc31)C2(C)C)C(N)=O. The van der Waals surface area contributed by atoms with Gasteiger partial charge >= 0.3 is 0 Å². The van der Waals surface area contributed by atoms with Crippen LogP contribution < -0.4 is 5.73 Å². The number of primary amides is 1. The number of hydrogen-bond donors (Lipinski definition) is 1. The Morgan fingerprint density at radius 1 is 1.30 bits per heavy atom. The van der Waals surface area contributed by atoms with Gasteiger partial charge in [-0.2, -0.15) is 5.10 Å². The van der Waals surface area contributed by atoms with E-state index in [1.807, 2.05) is 0 Å². The normalized spacial score (nSPS) is 26.0. The third-order valence-electron chi connectivity index (χ3n) is 6.28. The van der Waals surface area contributed by atoms with Gasteiger partial charge in [0.15, 0.2) is 0 Å². The van der Waals surface area contributed by atoms with E-state index in [-0.39, 0.29) is 22.6 Å². The smallest absolute Gasteiger partial charge is 0.246 e. The number of ether oxygens (including phenoxy) is 1. The van der Waals surface area contributed by atoms with Crippen LogP contribution in [-0.4, -0.2) is 22.2 Å². The number of hydrogen-bond acceptors (Lipinski definition) is 4. The number of nitrogens with zero attached hydrogens (tertiary/aromatic N) is 2. The summed E-state index contributed by atoms with van der Waals surface area (Å²) in [5, 5.41) is 8.42. The lowest BCUT2D eigenvalue weighted by Crippen LogP contribution is -2.44. The standard InChI is InChI=1S/C20H21F2N3O2/c1-10(18(23)26)27-20-8-7-12(19(20,2)3)11-9-15(24-25-17(11)20)16-13(21)5-4-6-14(16)22/h4-6,9-10,12H,7-8H2,1-3H3,(H2,23,26)/t10-,12-,20-/m0/s1. The van der Waals surface area contributed by atoms with E-state index < -0.39 is 29.2 Å². The first-order valence-electron chi connectivity index (χ1n) is 8.98. The molecule has 1 saturated carbocycles. The van der Waals surface area contributed by atoms with Gasteiger partial charge in [-0.1, -0.05) is 19.9 Å². The zero-order valence-corrected chi connectivity index (χ0v) is 15.4. The van der Waals surface area contributed by atoms with E-state index in [1.165, 1.54) is 18.2 Å². The number of carbonyl (C=O) groups excluding carboxylic acids is 1. The maximum Gasteiger partial charge on any atom is 0.246 e. The van der Waals surface area contributed by atoms with Crippen LogP contribution in [0.3, 0.4) is 0 Å². The topological polar surface area (TPSA) is 78.1 Å². The van der Waals surface area contributed by atoms with Crippen LogP contribution in [0.1, 0.15) is 50.8 Å². The fourth-order valence-electron chi connectivity index (χ4n) is 4.76. The van der Waals surface area contributed by atoms with Gasteiger partial charge in [0.1, 0.15) is 23.3 Å². The number of halogens is 2. The summed E-state index contributed by atoms with van der Waals surface area (Å²) in [6.07, 6.45) is 0.743. The fraction of sp³-hybridized carbons (Fsp3) is 0.450. The Balaban J connectivity index is 1.85. The van der Waals surface area contributed by atoms with Crippen LogP contribution in [-0.2, 0) is 15.1 Å². The molecule has 1 aromatic heterocycles. The van der Waals surface area contributed by atoms with Gasteiger partial charge in [0.25, 0.3) is 0 Å². The van der Waals surface area contributed by atoms with Gasteiger partial charge in [-0.05, 0) is 49.4 Å². The second-order valence-corrected chi connectivity index (χ2v) is 7.93. The van der Waals surface area contributed by atoms with E-state index in [4.69, 9.17) is 10.5 Å². The van der Waals surface area contributed by atoms with Crippen LogP contribution in [0.25, 0.3) is 11.3 Å². The molecule has 4 rings (SSSR count). The second kappa shape index (κ2) is 5.79. The van der Waals surface area contributed by atoms with Gasteiger partial charge in [0, 0.05) is 5.41 Å². The quantitative estimate of drug-likeness (QED) is 0.891. The van der Waals surface area contributed by atoms with Crippen LogP contribution in [0.15, 0.2) is 24.3 Å². The first kappa shape index (κ1) is 18.0. The van der Waals surface area contributed by atoms with Crippen molar-refractivity contribution in [3.8, 4) is 11.3 Å². The van der Waals surface area contributed by atoms with Crippen molar-refractivity contribution < 1.29 is 18.3 Å². The minimum Gasteiger partial charge on any atom is -0.367 e. The van der Waals surface area contributed by atoms with Crippen molar-refractivity contribution in [2.75, 3.05) is 0 Å². The molecule has 2 aliphatic rings. The Hall–Kier alpha value is -2.41. The molecule has 142 valence electrons. The lowest BCUT2D eigenvalue weighted by Gasteiger charge is -2.39. The van der Waals surface area contributed by atoms with E-state index in [0.29, 0.717) is 12.1 Å². The Morgan fingerprint density at radius 2 is 1.96 bits per heavy atom. The highest BCUT2D eigenvalue weighted by Gasteiger charge is 2.65. The van der Waals surface area contributed by atoms with Crippen LogP contribution in [0.2, 0.25) is 0 Å². The average molecular weight is 373 g/mol. The van der Waals surface area contributed by atoms with Crippen molar-refractivity contribution in [2.45, 2.75) is 51.2 Å². The summed E-state index contributed by atoms with van der Waals surface area (Å²) in [6, 6.07) is 5.41. The highest BCUT2D eigenvalue weighted by atomic mass is 19.1. The van der Waals surface area contributed by atoms with Gasteiger partial charge in [-0.15, -0.1) is 5.10 Å². The molecule has 2 N–H and O–H groups in total. The number of benzene rings is 1. The zero-order valence-electron chi connectivity index (χ0n) is 15.4. The summed E-state index contributed by atoms with van der Waals surface area (Å²) >= 11 is 0. The molecule has 0 saturated heterocycles. The van der Waals surface area contributed by atoms with Crippen LogP contribution in [0, 0.1) is 17.0 Å². The molecule has 2 aliphatic carbocycles. The molecule has 1 fully saturated rings. The monoisotopic (exact) mass is 373 g/mol. The number of aromatic nitrogens is 2. The predicted octanol–water partition coefficient (Wildman–Crippen LogP) is 3.42. The lowest BCUT2D eigenvalue weighted by atomic mass is 9.77. The van der Waals surface area contributed by atoms with Crippen molar-refractivity contribution in [1.82, 2.24) is 10.2 Å². The Bertz CT molecular complexity index is 927. The molecule has 0 spiro atoms. The molecular formula is C20H21F2N3O2. The number of nitrogens with two attached hydrogens (primary N) is 1. The summed E-state index contributed by atoms with van der Waals surface area (Å²) in [6.45, 7) is 5.74. The summed E-state index contributed by atoms with van der Waals surface area (Å²) < 4.78 is 34.5. The highest BCUT2D eigenvalue weighted by Crippen LogP contribution is 2.68. The molecule has 2 bridgehead atoms. The molecule has 1 aromatic carbocycles. The maximum absolute atomic E-state index is 14.2. The number of carbonyl (C=O) groups is 1. The first-order valence-corrected chi connectivity index (χ1v) is 8.98. The molecule has 0 radical (unpaired) electrons. The summed E-state index contributed by atoms with van der Waals surface area (Å²) in [7, 11) is 0. The summed E-state index contributed by atoms with van der Waals surface area (Å²) in [4.78, 5) is 11.6.